The predicted octanol–water partition coefficient (Wildman–Crippen LogP) is 3.68. The Bertz CT molecular complexity index is 397. The van der Waals surface area contributed by atoms with Crippen LogP contribution >= 0.6 is 11.8 Å². The van der Waals surface area contributed by atoms with Gasteiger partial charge in [0.2, 0.25) is 0 Å². The number of thioether (sulfide) groups is 1. The van der Waals surface area contributed by atoms with Gasteiger partial charge in [-0.3, -0.25) is 0 Å². The molecule has 0 aliphatic heterocycles. The molecule has 0 radical (unpaired) electrons. The van der Waals surface area contributed by atoms with Crippen molar-refractivity contribution in [2.24, 2.45) is 0 Å². The lowest BCUT2D eigenvalue weighted by molar-refractivity contribution is 0.0815. The van der Waals surface area contributed by atoms with Crippen molar-refractivity contribution in [3.8, 4) is 5.75 Å². The van der Waals surface area contributed by atoms with E-state index < -0.39 is 5.60 Å². The van der Waals surface area contributed by atoms with E-state index in [9.17, 15) is 5.11 Å². The van der Waals surface area contributed by atoms with Crippen molar-refractivity contribution in [2.45, 2.75) is 18.9 Å². The molecule has 0 saturated carbocycles. The van der Waals surface area contributed by atoms with Gasteiger partial charge in [0.15, 0.2) is 0 Å². The van der Waals surface area contributed by atoms with Gasteiger partial charge in [-0.15, -0.1) is 11.8 Å². The van der Waals surface area contributed by atoms with Crippen LogP contribution in [0, 0.1) is 0 Å². The average Bonchev–Trinajstić information content (AvgIpc) is 2.38. The smallest absolute Gasteiger partial charge is 0.120 e. The normalized spacial score (nSPS) is 13.8. The van der Waals surface area contributed by atoms with Crippen LogP contribution in [0.25, 0.3) is 0 Å². The summed E-state index contributed by atoms with van der Waals surface area (Å²) in [6.45, 7) is 9.49. The molecule has 1 aromatic rings. The molecule has 1 unspecified atom stereocenters. The van der Waals surface area contributed by atoms with E-state index in [1.165, 1.54) is 11.8 Å². The minimum absolute atomic E-state index is 0.568. The molecule has 0 fully saturated rings. The molecule has 0 bridgehead atoms. The second kappa shape index (κ2) is 5.94. The molecule has 1 rings (SSSR count). The third kappa shape index (κ3) is 2.93. The lowest BCUT2D eigenvalue weighted by Gasteiger charge is -2.28. The first-order chi connectivity index (χ1) is 8.08. The molecular formula is C14H18O2S. The zero-order valence-electron chi connectivity index (χ0n) is 10.3. The maximum absolute atomic E-state index is 10.6. The Morgan fingerprint density at radius 2 is 2.06 bits per heavy atom. The van der Waals surface area contributed by atoms with Crippen molar-refractivity contribution in [2.75, 3.05) is 7.11 Å². The van der Waals surface area contributed by atoms with Crippen molar-refractivity contribution in [3.05, 3.63) is 53.3 Å². The Kier molecular flexibility index (Phi) is 4.85. The van der Waals surface area contributed by atoms with Crippen molar-refractivity contribution >= 4 is 11.8 Å². The zero-order valence-corrected chi connectivity index (χ0v) is 11.1. The van der Waals surface area contributed by atoms with E-state index in [4.69, 9.17) is 4.74 Å². The van der Waals surface area contributed by atoms with Crippen LogP contribution in [0.2, 0.25) is 0 Å². The van der Waals surface area contributed by atoms with Crippen molar-refractivity contribution in [1.82, 2.24) is 0 Å². The highest BCUT2D eigenvalue weighted by atomic mass is 32.2. The molecule has 0 amide bonds. The largest absolute Gasteiger partial charge is 0.497 e. The van der Waals surface area contributed by atoms with Crippen LogP contribution in [0.1, 0.15) is 18.9 Å². The number of aliphatic hydroxyl groups is 1. The molecule has 0 saturated heterocycles. The summed E-state index contributed by atoms with van der Waals surface area (Å²) in [4.78, 5) is 0.681. The van der Waals surface area contributed by atoms with Crippen LogP contribution in [0.5, 0.6) is 5.75 Å². The summed E-state index contributed by atoms with van der Waals surface area (Å²) in [7, 11) is 1.62. The molecule has 1 N–H and O–H groups in total. The summed E-state index contributed by atoms with van der Waals surface area (Å²) in [5.41, 5.74) is -0.203. The molecule has 3 heteroatoms. The highest BCUT2D eigenvalue weighted by Crippen LogP contribution is 2.38. The lowest BCUT2D eigenvalue weighted by atomic mass is 9.91. The fourth-order valence-electron chi connectivity index (χ4n) is 1.63. The Balaban J connectivity index is 3.06. The number of rotatable bonds is 6. The van der Waals surface area contributed by atoms with E-state index in [2.05, 4.69) is 13.2 Å². The first kappa shape index (κ1) is 13.9. The third-order valence-electron chi connectivity index (χ3n) is 2.77. The summed E-state index contributed by atoms with van der Waals surface area (Å²) in [5, 5.41) is 12.3. The predicted molar refractivity (Wildman–Crippen MR) is 74.1 cm³/mol. The number of hydrogen-bond donors (Lipinski definition) is 1. The highest BCUT2D eigenvalue weighted by Gasteiger charge is 2.30. The molecule has 0 aromatic heterocycles. The van der Waals surface area contributed by atoms with Gasteiger partial charge in [0, 0.05) is 4.91 Å². The van der Waals surface area contributed by atoms with E-state index in [0.717, 1.165) is 11.3 Å². The summed E-state index contributed by atoms with van der Waals surface area (Å²) in [5.74, 6) is 0.772. The fourth-order valence-corrected chi connectivity index (χ4v) is 2.29. The molecule has 0 aliphatic rings. The first-order valence-electron chi connectivity index (χ1n) is 5.42. The SMILES string of the molecule is C=CSC(=C)C(O)(CC)c1ccc(OC)cc1. The minimum atomic E-state index is -1.02. The Morgan fingerprint density at radius 3 is 2.47 bits per heavy atom. The maximum atomic E-state index is 10.6. The van der Waals surface area contributed by atoms with Crippen molar-refractivity contribution < 1.29 is 9.84 Å². The van der Waals surface area contributed by atoms with E-state index in [0.29, 0.717) is 11.3 Å². The van der Waals surface area contributed by atoms with Crippen LogP contribution in [0.4, 0.5) is 0 Å². The molecule has 0 aliphatic carbocycles. The number of benzene rings is 1. The van der Waals surface area contributed by atoms with Gasteiger partial charge in [-0.25, -0.2) is 0 Å². The molecule has 2 nitrogen and oxygen atoms in total. The van der Waals surface area contributed by atoms with Gasteiger partial charge in [0.25, 0.3) is 0 Å². The van der Waals surface area contributed by atoms with Gasteiger partial charge in [0.05, 0.1) is 7.11 Å². The molecule has 92 valence electrons. The van der Waals surface area contributed by atoms with Gasteiger partial charge >= 0.3 is 0 Å². The quantitative estimate of drug-likeness (QED) is 0.835. The summed E-state index contributed by atoms with van der Waals surface area (Å²) in [6.07, 6.45) is 0.568. The monoisotopic (exact) mass is 250 g/mol. The van der Waals surface area contributed by atoms with Gasteiger partial charge < -0.3 is 9.84 Å². The van der Waals surface area contributed by atoms with Crippen LogP contribution in [-0.4, -0.2) is 12.2 Å². The second-order valence-corrected chi connectivity index (χ2v) is 4.71. The zero-order chi connectivity index (χ0) is 12.9. The summed E-state index contributed by atoms with van der Waals surface area (Å²) in [6, 6.07) is 7.39. The molecule has 1 atom stereocenters. The summed E-state index contributed by atoms with van der Waals surface area (Å²) >= 11 is 1.36. The average molecular weight is 250 g/mol. The summed E-state index contributed by atoms with van der Waals surface area (Å²) < 4.78 is 5.10. The van der Waals surface area contributed by atoms with Gasteiger partial charge in [-0.1, -0.05) is 32.2 Å². The van der Waals surface area contributed by atoms with Crippen molar-refractivity contribution in [1.29, 1.82) is 0 Å². The highest BCUT2D eigenvalue weighted by molar-refractivity contribution is 8.05. The fraction of sp³-hybridized carbons (Fsp3) is 0.286. The van der Waals surface area contributed by atoms with Crippen LogP contribution < -0.4 is 4.74 Å². The Labute approximate surface area is 107 Å². The van der Waals surface area contributed by atoms with Crippen LogP contribution in [0.3, 0.4) is 0 Å². The number of hydrogen-bond acceptors (Lipinski definition) is 3. The molecule has 1 aromatic carbocycles. The molecule has 0 spiro atoms. The second-order valence-electron chi connectivity index (χ2n) is 3.65. The van der Waals surface area contributed by atoms with Crippen LogP contribution in [-0.2, 0) is 5.60 Å². The van der Waals surface area contributed by atoms with E-state index >= 15 is 0 Å². The van der Waals surface area contributed by atoms with Gasteiger partial charge in [0.1, 0.15) is 11.4 Å². The minimum Gasteiger partial charge on any atom is -0.497 e. The first-order valence-corrected chi connectivity index (χ1v) is 6.30. The third-order valence-corrected chi connectivity index (χ3v) is 3.55. The molecule has 0 heterocycles. The number of ether oxygens (including phenoxy) is 1. The van der Waals surface area contributed by atoms with Gasteiger partial charge in [-0.05, 0) is 29.5 Å². The van der Waals surface area contributed by atoms with E-state index in [1.54, 1.807) is 12.5 Å². The Hall–Kier alpha value is -1.19. The maximum Gasteiger partial charge on any atom is 0.120 e. The van der Waals surface area contributed by atoms with Crippen molar-refractivity contribution in [3.63, 3.8) is 0 Å². The lowest BCUT2D eigenvalue weighted by Crippen LogP contribution is -2.25. The van der Waals surface area contributed by atoms with E-state index in [-0.39, 0.29) is 0 Å². The van der Waals surface area contributed by atoms with Crippen LogP contribution in [0.15, 0.2) is 47.7 Å². The standard InChI is InChI=1S/C14H18O2S/c1-5-14(15,11(3)17-6-2)12-7-9-13(16-4)10-8-12/h6-10,15H,2-3,5H2,1,4H3. The molecular weight excluding hydrogens is 232 g/mol. The molecule has 17 heavy (non-hydrogen) atoms. The Morgan fingerprint density at radius 1 is 1.47 bits per heavy atom. The van der Waals surface area contributed by atoms with Gasteiger partial charge in [-0.2, -0.15) is 0 Å². The topological polar surface area (TPSA) is 29.5 Å². The van der Waals surface area contributed by atoms with E-state index in [1.807, 2.05) is 31.2 Å². The number of methoxy groups -OCH3 is 1.